The lowest BCUT2D eigenvalue weighted by Crippen LogP contribution is -2.54. The van der Waals surface area contributed by atoms with Crippen molar-refractivity contribution in [1.29, 1.82) is 0 Å². The van der Waals surface area contributed by atoms with Gasteiger partial charge in [-0.3, -0.25) is 14.9 Å². The molecule has 1 N–H and O–H groups in total. The van der Waals surface area contributed by atoms with Crippen LogP contribution in [0.1, 0.15) is 23.6 Å². The predicted octanol–water partition coefficient (Wildman–Crippen LogP) is 5.72. The summed E-state index contributed by atoms with van der Waals surface area (Å²) in [5, 5.41) is 2.87. The van der Waals surface area contributed by atoms with E-state index in [0.29, 0.717) is 46.5 Å². The van der Waals surface area contributed by atoms with Crippen LogP contribution in [0.2, 0.25) is 5.02 Å². The van der Waals surface area contributed by atoms with E-state index >= 15 is 0 Å². The summed E-state index contributed by atoms with van der Waals surface area (Å²) < 4.78 is 17.2. The van der Waals surface area contributed by atoms with E-state index in [4.69, 9.17) is 25.8 Å². The van der Waals surface area contributed by atoms with Gasteiger partial charge in [-0.25, -0.2) is 9.69 Å². The number of nitrogens with one attached hydrogen (secondary N) is 1. The van der Waals surface area contributed by atoms with Gasteiger partial charge in [-0.15, -0.1) is 6.58 Å². The molecule has 0 unspecified atom stereocenters. The number of nitrogens with zero attached hydrogens (tertiary/aromatic N) is 1. The summed E-state index contributed by atoms with van der Waals surface area (Å²) in [5.74, 6) is 0.000951. The smallest absolute Gasteiger partial charge is 0.335 e. The number of halogens is 1. The molecular weight excluding hydrogens is 520 g/mol. The number of anilines is 1. The van der Waals surface area contributed by atoms with Crippen molar-refractivity contribution in [2.75, 3.05) is 18.6 Å². The van der Waals surface area contributed by atoms with Gasteiger partial charge >= 0.3 is 6.03 Å². The van der Waals surface area contributed by atoms with Gasteiger partial charge in [-0.05, 0) is 79.1 Å². The zero-order valence-electron chi connectivity index (χ0n) is 21.5. The predicted molar refractivity (Wildman–Crippen MR) is 149 cm³/mol. The molecule has 1 aliphatic rings. The number of amides is 4. The molecule has 1 heterocycles. The molecule has 1 saturated heterocycles. The Morgan fingerprint density at radius 1 is 1.00 bits per heavy atom. The molecule has 4 amide bonds. The number of carbonyl (C=O) groups excluding carboxylic acids is 3. The highest BCUT2D eigenvalue weighted by molar-refractivity contribution is 6.39. The third-order valence-electron chi connectivity index (χ3n) is 5.86. The van der Waals surface area contributed by atoms with Crippen LogP contribution in [-0.2, 0) is 22.6 Å². The molecule has 200 valence electrons. The lowest BCUT2D eigenvalue weighted by atomic mass is 10.0. The number of urea groups is 1. The highest BCUT2D eigenvalue weighted by Gasteiger charge is 2.37. The Hall–Kier alpha value is -4.56. The SMILES string of the molecule is C=CCc1cc(/C=C2\C(=O)NC(=O)N(c3ccc(OC)cc3)C2=O)cc(OCC)c1OCc1ccc(Cl)cc1. The van der Waals surface area contributed by atoms with Crippen molar-refractivity contribution in [2.45, 2.75) is 20.0 Å². The number of hydrogen-bond acceptors (Lipinski definition) is 6. The molecule has 3 aromatic carbocycles. The summed E-state index contributed by atoms with van der Waals surface area (Å²) in [6.07, 6.45) is 3.60. The van der Waals surface area contributed by atoms with Crippen LogP contribution >= 0.6 is 11.6 Å². The summed E-state index contributed by atoms with van der Waals surface area (Å²) >= 11 is 5.99. The lowest BCUT2D eigenvalue weighted by Gasteiger charge is -2.26. The van der Waals surface area contributed by atoms with Gasteiger partial charge < -0.3 is 14.2 Å². The maximum atomic E-state index is 13.3. The number of allylic oxidation sites excluding steroid dienone is 1. The first kappa shape index (κ1) is 27.5. The molecule has 3 aromatic rings. The number of methoxy groups -OCH3 is 1. The standard InChI is InChI=1S/C30H27ClN2O6/c1-4-6-21-15-20(17-26(38-5-2)27(21)39-18-19-7-9-22(31)10-8-19)16-25-28(34)32-30(36)33(29(25)35)23-11-13-24(37-3)14-12-23/h4,7-17H,1,5-6,18H2,2-3H3,(H,32,34,36)/b25-16+. The van der Waals surface area contributed by atoms with Gasteiger partial charge in [0.2, 0.25) is 0 Å². The van der Waals surface area contributed by atoms with Gasteiger partial charge in [0, 0.05) is 10.6 Å². The summed E-state index contributed by atoms with van der Waals surface area (Å²) in [6, 6.07) is 16.3. The number of benzene rings is 3. The van der Waals surface area contributed by atoms with Crippen LogP contribution in [0.25, 0.3) is 6.08 Å². The van der Waals surface area contributed by atoms with Crippen LogP contribution in [0.5, 0.6) is 17.2 Å². The minimum absolute atomic E-state index is 0.202. The topological polar surface area (TPSA) is 94.2 Å². The number of imide groups is 2. The Labute approximate surface area is 231 Å². The molecule has 0 atom stereocenters. The molecule has 0 spiro atoms. The van der Waals surface area contributed by atoms with Gasteiger partial charge in [0.1, 0.15) is 17.9 Å². The van der Waals surface area contributed by atoms with E-state index in [2.05, 4.69) is 11.9 Å². The highest BCUT2D eigenvalue weighted by Crippen LogP contribution is 2.36. The zero-order chi connectivity index (χ0) is 27.9. The second-order valence-electron chi connectivity index (χ2n) is 8.50. The second kappa shape index (κ2) is 12.3. The Morgan fingerprint density at radius 2 is 1.72 bits per heavy atom. The van der Waals surface area contributed by atoms with Crippen molar-refractivity contribution >= 4 is 41.2 Å². The monoisotopic (exact) mass is 546 g/mol. The average molecular weight is 547 g/mol. The van der Waals surface area contributed by atoms with E-state index in [0.717, 1.165) is 16.0 Å². The minimum atomic E-state index is -0.833. The molecule has 0 bridgehead atoms. The van der Waals surface area contributed by atoms with Crippen molar-refractivity contribution in [3.63, 3.8) is 0 Å². The van der Waals surface area contributed by atoms with Gasteiger partial charge in [0.05, 0.1) is 19.4 Å². The second-order valence-corrected chi connectivity index (χ2v) is 8.94. The van der Waals surface area contributed by atoms with E-state index in [1.165, 1.54) is 13.2 Å². The summed E-state index contributed by atoms with van der Waals surface area (Å²) in [5.41, 5.74) is 2.29. The Morgan fingerprint density at radius 3 is 2.36 bits per heavy atom. The highest BCUT2D eigenvalue weighted by atomic mass is 35.5. The fraction of sp³-hybridized carbons (Fsp3) is 0.167. The largest absolute Gasteiger partial charge is 0.497 e. The van der Waals surface area contributed by atoms with Crippen LogP contribution in [0.3, 0.4) is 0 Å². The van der Waals surface area contributed by atoms with E-state index in [-0.39, 0.29) is 12.2 Å². The molecule has 4 rings (SSSR count). The van der Waals surface area contributed by atoms with Gasteiger partial charge in [0.25, 0.3) is 11.8 Å². The van der Waals surface area contributed by atoms with Crippen molar-refractivity contribution < 1.29 is 28.6 Å². The lowest BCUT2D eigenvalue weighted by molar-refractivity contribution is -0.122. The fourth-order valence-corrected chi connectivity index (χ4v) is 4.15. The molecule has 0 saturated carbocycles. The van der Waals surface area contributed by atoms with E-state index in [1.807, 2.05) is 19.1 Å². The number of barbiturate groups is 1. The fourth-order valence-electron chi connectivity index (χ4n) is 4.03. The minimum Gasteiger partial charge on any atom is -0.497 e. The van der Waals surface area contributed by atoms with Crippen LogP contribution in [0, 0.1) is 0 Å². The molecule has 1 fully saturated rings. The van der Waals surface area contributed by atoms with Gasteiger partial charge in [-0.2, -0.15) is 0 Å². The number of carbonyl (C=O) groups is 3. The maximum absolute atomic E-state index is 13.3. The van der Waals surface area contributed by atoms with Crippen molar-refractivity contribution in [3.8, 4) is 17.2 Å². The molecule has 9 heteroatoms. The molecule has 0 aliphatic carbocycles. The van der Waals surface area contributed by atoms with Gasteiger partial charge in [-0.1, -0.05) is 29.8 Å². The first-order valence-electron chi connectivity index (χ1n) is 12.2. The van der Waals surface area contributed by atoms with Crippen molar-refractivity contribution in [2.24, 2.45) is 0 Å². The first-order chi connectivity index (χ1) is 18.8. The number of hydrogen-bond donors (Lipinski definition) is 1. The van der Waals surface area contributed by atoms with E-state index < -0.39 is 17.8 Å². The van der Waals surface area contributed by atoms with Crippen molar-refractivity contribution in [3.05, 3.63) is 101 Å². The summed E-state index contributed by atoms with van der Waals surface area (Å²) in [7, 11) is 1.51. The van der Waals surface area contributed by atoms with Gasteiger partial charge in [0.15, 0.2) is 11.5 Å². The molecule has 0 radical (unpaired) electrons. The van der Waals surface area contributed by atoms with Crippen LogP contribution < -0.4 is 24.4 Å². The molecule has 1 aliphatic heterocycles. The quantitative estimate of drug-likeness (QED) is 0.198. The van der Waals surface area contributed by atoms with Crippen molar-refractivity contribution in [1.82, 2.24) is 5.32 Å². The van der Waals surface area contributed by atoms with E-state index in [9.17, 15) is 14.4 Å². The Balaban J connectivity index is 1.70. The van der Waals surface area contributed by atoms with Crippen LogP contribution in [-0.4, -0.2) is 31.6 Å². The maximum Gasteiger partial charge on any atom is 0.335 e. The zero-order valence-corrected chi connectivity index (χ0v) is 22.3. The molecular formula is C30H27ClN2O6. The van der Waals surface area contributed by atoms with Crippen LogP contribution in [0.15, 0.2) is 78.9 Å². The number of rotatable bonds is 10. The third-order valence-corrected chi connectivity index (χ3v) is 6.11. The average Bonchev–Trinajstić information content (AvgIpc) is 2.92. The molecule has 8 nitrogen and oxygen atoms in total. The van der Waals surface area contributed by atoms with Crippen LogP contribution in [0.4, 0.5) is 10.5 Å². The first-order valence-corrected chi connectivity index (χ1v) is 12.6. The normalized spacial score (nSPS) is 14.3. The number of ether oxygens (including phenoxy) is 3. The summed E-state index contributed by atoms with van der Waals surface area (Å²) in [6.45, 7) is 6.33. The Bertz CT molecular complexity index is 1430. The molecule has 39 heavy (non-hydrogen) atoms. The van der Waals surface area contributed by atoms with E-state index in [1.54, 1.807) is 54.6 Å². The molecule has 0 aromatic heterocycles. The summed E-state index contributed by atoms with van der Waals surface area (Å²) in [4.78, 5) is 39.5. The third kappa shape index (κ3) is 6.30. The Kier molecular flexibility index (Phi) is 8.68.